The molecule has 2 aromatic carbocycles. The van der Waals surface area contributed by atoms with Crippen LogP contribution in [-0.4, -0.2) is 31.4 Å². The van der Waals surface area contributed by atoms with E-state index in [9.17, 15) is 14.7 Å². The number of alkyl halides is 2. The average molecular weight is 540 g/mol. The number of benzene rings is 2. The van der Waals surface area contributed by atoms with E-state index in [2.05, 4.69) is 10.1 Å². The van der Waals surface area contributed by atoms with E-state index in [4.69, 9.17) is 11.6 Å². The lowest BCUT2D eigenvalue weighted by molar-refractivity contribution is -0.0283. The summed E-state index contributed by atoms with van der Waals surface area (Å²) < 4.78 is 46.5. The molecule has 0 radical (unpaired) electrons. The number of ketones is 2. The molecule has 38 heavy (non-hydrogen) atoms. The fourth-order valence-electron chi connectivity index (χ4n) is 4.72. The molecule has 4 aromatic rings. The Morgan fingerprint density at radius 3 is 2.55 bits per heavy atom. The van der Waals surface area contributed by atoms with Crippen molar-refractivity contribution in [2.45, 2.75) is 38.2 Å². The molecular weight excluding hydrogens is 519 g/mol. The van der Waals surface area contributed by atoms with Crippen LogP contribution in [0.3, 0.4) is 0 Å². The summed E-state index contributed by atoms with van der Waals surface area (Å²) in [4.78, 5) is 30.0. The van der Waals surface area contributed by atoms with E-state index >= 15 is 13.2 Å². The van der Waals surface area contributed by atoms with E-state index in [-0.39, 0.29) is 51.6 Å². The van der Waals surface area contributed by atoms with Gasteiger partial charge in [-0.1, -0.05) is 48.0 Å². The van der Waals surface area contributed by atoms with Crippen LogP contribution >= 0.6 is 11.6 Å². The fraction of sp³-hybridized carbons (Fsp3) is 0.214. The van der Waals surface area contributed by atoms with Crippen LogP contribution in [0.5, 0.6) is 0 Å². The molecule has 0 saturated carbocycles. The first-order valence-corrected chi connectivity index (χ1v) is 12.2. The third kappa shape index (κ3) is 4.41. The van der Waals surface area contributed by atoms with Gasteiger partial charge in [0.05, 0.1) is 5.56 Å². The maximum Gasteiger partial charge on any atom is 0.290 e. The van der Waals surface area contributed by atoms with Gasteiger partial charge in [-0.05, 0) is 49.1 Å². The first-order valence-electron chi connectivity index (χ1n) is 11.8. The van der Waals surface area contributed by atoms with Crippen molar-refractivity contribution in [3.63, 3.8) is 0 Å². The highest BCUT2D eigenvalue weighted by Gasteiger charge is 2.44. The smallest absolute Gasteiger partial charge is 0.290 e. The molecule has 2 heterocycles. The monoisotopic (exact) mass is 539 g/mol. The zero-order valence-corrected chi connectivity index (χ0v) is 20.8. The third-order valence-electron chi connectivity index (χ3n) is 6.62. The van der Waals surface area contributed by atoms with Crippen molar-refractivity contribution in [2.75, 3.05) is 0 Å². The number of aromatic nitrogens is 3. The Balaban J connectivity index is 1.60. The molecule has 1 aliphatic carbocycles. The second-order valence-electron chi connectivity index (χ2n) is 9.11. The van der Waals surface area contributed by atoms with Crippen LogP contribution in [0.15, 0.2) is 60.8 Å². The van der Waals surface area contributed by atoms with Gasteiger partial charge in [0.2, 0.25) is 5.78 Å². The van der Waals surface area contributed by atoms with E-state index < -0.39 is 41.5 Å². The van der Waals surface area contributed by atoms with Crippen LogP contribution in [0.4, 0.5) is 13.2 Å². The number of Topliss-reactive ketones (excluding diaryl/α,β-unsaturated/α-hetero) is 1. The Morgan fingerprint density at radius 2 is 1.87 bits per heavy atom. The van der Waals surface area contributed by atoms with Gasteiger partial charge in [0.1, 0.15) is 34.1 Å². The number of fused-ring (bicyclic) bond motifs is 1. The maximum atomic E-state index is 15.4. The predicted molar refractivity (Wildman–Crippen MR) is 134 cm³/mol. The van der Waals surface area contributed by atoms with Gasteiger partial charge in [-0.15, -0.1) is 0 Å². The van der Waals surface area contributed by atoms with Gasteiger partial charge >= 0.3 is 0 Å². The molecule has 10 heteroatoms. The molecule has 0 saturated heterocycles. The molecule has 1 N–H and O–H groups in total. The van der Waals surface area contributed by atoms with Crippen LogP contribution in [0, 0.1) is 12.7 Å². The SMILES string of the molecule is Cc1ccnc(Cl)c1C(=O)c1nn(-c2ccc(C(O)C(=O)c3ccccc3)cc2F)c2c1CCCC2(F)F. The molecule has 6 nitrogen and oxygen atoms in total. The van der Waals surface area contributed by atoms with E-state index in [1.54, 1.807) is 31.2 Å². The number of carbonyl (C=O) groups excluding carboxylic acids is 2. The van der Waals surface area contributed by atoms with Crippen molar-refractivity contribution in [2.24, 2.45) is 0 Å². The first-order chi connectivity index (χ1) is 18.1. The summed E-state index contributed by atoms with van der Waals surface area (Å²) in [6, 6.07) is 12.9. The Bertz CT molecular complexity index is 1550. The van der Waals surface area contributed by atoms with Crippen molar-refractivity contribution in [1.29, 1.82) is 0 Å². The second-order valence-corrected chi connectivity index (χ2v) is 9.47. The van der Waals surface area contributed by atoms with E-state index in [1.165, 1.54) is 24.4 Å². The summed E-state index contributed by atoms with van der Waals surface area (Å²) in [5.74, 6) is -5.70. The fourth-order valence-corrected chi connectivity index (χ4v) is 5.01. The summed E-state index contributed by atoms with van der Waals surface area (Å²) in [5, 5.41) is 14.6. The first kappa shape index (κ1) is 25.8. The van der Waals surface area contributed by atoms with Gasteiger partial charge in [-0.3, -0.25) is 9.59 Å². The average Bonchev–Trinajstić information content (AvgIpc) is 3.29. The molecule has 194 valence electrons. The standard InChI is InChI=1S/C28H21ClF3N3O3/c1-15-11-13-33-27(29)21(15)25(38)22-18-8-5-12-28(31,32)26(18)35(34-22)20-10-9-17(14-19(20)30)24(37)23(36)16-6-3-2-4-7-16/h2-4,6-7,9-11,13-14,24,37H,5,8,12H2,1H3. The molecule has 0 aliphatic heterocycles. The van der Waals surface area contributed by atoms with Crippen molar-refractivity contribution < 1.29 is 27.9 Å². The van der Waals surface area contributed by atoms with Gasteiger partial charge in [-0.25, -0.2) is 14.1 Å². The van der Waals surface area contributed by atoms with Crippen LogP contribution in [0.25, 0.3) is 5.69 Å². The number of aliphatic hydroxyl groups excluding tert-OH is 1. The molecule has 2 aromatic heterocycles. The summed E-state index contributed by atoms with van der Waals surface area (Å²) in [6.07, 6.45) is -0.476. The number of aryl methyl sites for hydroxylation is 1. The van der Waals surface area contributed by atoms with E-state index in [0.29, 0.717) is 5.56 Å². The van der Waals surface area contributed by atoms with Gasteiger partial charge in [0, 0.05) is 23.7 Å². The number of nitrogens with zero attached hydrogens (tertiary/aromatic N) is 3. The lowest BCUT2D eigenvalue weighted by atomic mass is 9.90. The summed E-state index contributed by atoms with van der Waals surface area (Å²) >= 11 is 6.15. The molecule has 1 atom stereocenters. The molecular formula is C28H21ClF3N3O3. The normalized spacial score (nSPS) is 15.1. The minimum atomic E-state index is -3.37. The molecule has 0 bridgehead atoms. The number of hydrogen-bond donors (Lipinski definition) is 1. The van der Waals surface area contributed by atoms with E-state index in [0.717, 1.165) is 16.8 Å². The van der Waals surface area contributed by atoms with Crippen LogP contribution < -0.4 is 0 Å². The van der Waals surface area contributed by atoms with Gasteiger partial charge in [-0.2, -0.15) is 13.9 Å². The third-order valence-corrected chi connectivity index (χ3v) is 6.91. The minimum absolute atomic E-state index is 0.0216. The molecule has 5 rings (SSSR count). The molecule has 0 fully saturated rings. The number of rotatable bonds is 6. The van der Waals surface area contributed by atoms with Crippen LogP contribution in [0.1, 0.15) is 67.7 Å². The molecule has 0 amide bonds. The largest absolute Gasteiger partial charge is 0.380 e. The van der Waals surface area contributed by atoms with E-state index in [1.807, 2.05) is 0 Å². The predicted octanol–water partition coefficient (Wildman–Crippen LogP) is 5.94. The highest BCUT2D eigenvalue weighted by Crippen LogP contribution is 2.43. The van der Waals surface area contributed by atoms with Gasteiger partial charge in [0.15, 0.2) is 5.78 Å². The van der Waals surface area contributed by atoms with Crippen LogP contribution in [-0.2, 0) is 12.3 Å². The van der Waals surface area contributed by atoms with Crippen LogP contribution in [0.2, 0.25) is 5.15 Å². The lowest BCUT2D eigenvalue weighted by Crippen LogP contribution is -2.25. The summed E-state index contributed by atoms with van der Waals surface area (Å²) in [6.45, 7) is 1.64. The summed E-state index contributed by atoms with van der Waals surface area (Å²) in [5.41, 5.74) is -0.438. The minimum Gasteiger partial charge on any atom is -0.380 e. The number of pyridine rings is 1. The highest BCUT2D eigenvalue weighted by atomic mass is 35.5. The maximum absolute atomic E-state index is 15.4. The molecule has 1 aliphatic rings. The Morgan fingerprint density at radius 1 is 1.13 bits per heavy atom. The number of carbonyl (C=O) groups is 2. The van der Waals surface area contributed by atoms with Crippen molar-refractivity contribution in [3.8, 4) is 5.69 Å². The summed E-state index contributed by atoms with van der Waals surface area (Å²) in [7, 11) is 0. The molecule has 0 spiro atoms. The Kier molecular flexibility index (Phi) is 6.66. The highest BCUT2D eigenvalue weighted by molar-refractivity contribution is 6.34. The number of hydrogen-bond acceptors (Lipinski definition) is 5. The van der Waals surface area contributed by atoms with Gasteiger partial charge < -0.3 is 5.11 Å². The zero-order valence-electron chi connectivity index (χ0n) is 20.1. The van der Waals surface area contributed by atoms with Crippen molar-refractivity contribution in [1.82, 2.24) is 14.8 Å². The molecule has 1 unspecified atom stereocenters. The van der Waals surface area contributed by atoms with Crippen molar-refractivity contribution in [3.05, 3.63) is 111 Å². The topological polar surface area (TPSA) is 85.1 Å². The Labute approximate surface area is 220 Å². The van der Waals surface area contributed by atoms with Crippen molar-refractivity contribution >= 4 is 23.2 Å². The Hall–Kier alpha value is -3.82. The second kappa shape index (κ2) is 9.81. The van der Waals surface area contributed by atoms with Gasteiger partial charge in [0.25, 0.3) is 5.92 Å². The lowest BCUT2D eigenvalue weighted by Gasteiger charge is -2.24. The zero-order chi connectivity index (χ0) is 27.2. The number of aliphatic hydroxyl groups is 1. The quantitative estimate of drug-likeness (QED) is 0.242. The number of halogens is 4.